The molecule has 3 aromatic carbocycles. The Bertz CT molecular complexity index is 1350. The first-order valence-electron chi connectivity index (χ1n) is 13.9. The van der Waals surface area contributed by atoms with Crippen LogP contribution in [0, 0.1) is 0 Å². The summed E-state index contributed by atoms with van der Waals surface area (Å²) in [6.07, 6.45) is 5.21. The minimum Gasteiger partial charge on any atom is -0.493 e. The molecule has 5 rings (SSSR count). The Hall–Kier alpha value is -3.35. The maximum atomic E-state index is 12.0. The van der Waals surface area contributed by atoms with Gasteiger partial charge in [0, 0.05) is 49.2 Å². The van der Waals surface area contributed by atoms with Crippen molar-refractivity contribution in [3.63, 3.8) is 0 Å². The van der Waals surface area contributed by atoms with Crippen molar-refractivity contribution < 1.29 is 13.9 Å². The SMILES string of the molecule is CC(C)NC(=O)CN1CCN(CCCCCOc2ccc3c(-c4cccc5ccccc45)coc3c2)CC1. The van der Waals surface area contributed by atoms with Crippen LogP contribution >= 0.6 is 0 Å². The normalized spacial score (nSPS) is 14.9. The zero-order valence-corrected chi connectivity index (χ0v) is 22.6. The number of carbonyl (C=O) groups is 1. The third kappa shape index (κ3) is 6.55. The molecule has 1 N–H and O–H groups in total. The predicted octanol–water partition coefficient (Wildman–Crippen LogP) is 5.94. The van der Waals surface area contributed by atoms with E-state index < -0.39 is 0 Å². The van der Waals surface area contributed by atoms with Crippen LogP contribution in [0.25, 0.3) is 32.9 Å². The van der Waals surface area contributed by atoms with E-state index in [4.69, 9.17) is 9.15 Å². The zero-order valence-electron chi connectivity index (χ0n) is 22.6. The summed E-state index contributed by atoms with van der Waals surface area (Å²) in [4.78, 5) is 16.7. The minimum atomic E-state index is 0.130. The van der Waals surface area contributed by atoms with Crippen molar-refractivity contribution in [2.45, 2.75) is 39.2 Å². The van der Waals surface area contributed by atoms with Crippen molar-refractivity contribution in [2.24, 2.45) is 0 Å². The summed E-state index contributed by atoms with van der Waals surface area (Å²) in [6, 6.07) is 21.2. The average molecular weight is 514 g/mol. The molecule has 0 unspecified atom stereocenters. The number of hydrogen-bond donors (Lipinski definition) is 1. The van der Waals surface area contributed by atoms with Gasteiger partial charge < -0.3 is 19.4 Å². The molecule has 0 atom stereocenters. The zero-order chi connectivity index (χ0) is 26.3. The average Bonchev–Trinajstić information content (AvgIpc) is 3.34. The fraction of sp³-hybridized carbons (Fsp3) is 0.406. The highest BCUT2D eigenvalue weighted by atomic mass is 16.5. The number of furan rings is 1. The Balaban J connectivity index is 1.04. The number of fused-ring (bicyclic) bond motifs is 2. The summed E-state index contributed by atoms with van der Waals surface area (Å²) in [7, 11) is 0. The summed E-state index contributed by atoms with van der Waals surface area (Å²) < 4.78 is 12.0. The summed E-state index contributed by atoms with van der Waals surface area (Å²) in [5.41, 5.74) is 3.16. The first-order chi connectivity index (χ1) is 18.6. The third-order valence-electron chi connectivity index (χ3n) is 7.30. The Labute approximate surface area is 225 Å². The lowest BCUT2D eigenvalue weighted by Gasteiger charge is -2.34. The summed E-state index contributed by atoms with van der Waals surface area (Å²) in [6.45, 7) is 10.3. The Morgan fingerprint density at radius 2 is 1.68 bits per heavy atom. The van der Waals surface area contributed by atoms with E-state index in [1.165, 1.54) is 22.8 Å². The van der Waals surface area contributed by atoms with Gasteiger partial charge in [0.15, 0.2) is 0 Å². The van der Waals surface area contributed by atoms with Crippen molar-refractivity contribution in [2.75, 3.05) is 45.9 Å². The molecule has 1 aromatic heterocycles. The highest BCUT2D eigenvalue weighted by Crippen LogP contribution is 2.36. The number of nitrogens with one attached hydrogen (secondary N) is 1. The lowest BCUT2D eigenvalue weighted by Crippen LogP contribution is -2.50. The summed E-state index contributed by atoms with van der Waals surface area (Å²) >= 11 is 0. The van der Waals surface area contributed by atoms with Gasteiger partial charge in [0.2, 0.25) is 5.91 Å². The van der Waals surface area contributed by atoms with Crippen LogP contribution in [0.2, 0.25) is 0 Å². The second-order valence-corrected chi connectivity index (χ2v) is 10.6. The summed E-state index contributed by atoms with van der Waals surface area (Å²) in [5, 5.41) is 6.54. The fourth-order valence-corrected chi connectivity index (χ4v) is 5.31. The molecule has 200 valence electrons. The molecule has 38 heavy (non-hydrogen) atoms. The number of piperazine rings is 1. The van der Waals surface area contributed by atoms with Gasteiger partial charge in [-0.3, -0.25) is 9.69 Å². The van der Waals surface area contributed by atoms with Gasteiger partial charge in [-0.05, 0) is 68.1 Å². The number of carbonyl (C=O) groups excluding carboxylic acids is 1. The Kier molecular flexibility index (Phi) is 8.61. The number of unbranched alkanes of at least 4 members (excludes halogenated alkanes) is 2. The number of amides is 1. The topological polar surface area (TPSA) is 58.0 Å². The smallest absolute Gasteiger partial charge is 0.234 e. The number of rotatable bonds is 11. The van der Waals surface area contributed by atoms with Gasteiger partial charge in [-0.2, -0.15) is 0 Å². The quantitative estimate of drug-likeness (QED) is 0.251. The Morgan fingerprint density at radius 1 is 0.895 bits per heavy atom. The minimum absolute atomic E-state index is 0.130. The van der Waals surface area contributed by atoms with Crippen LogP contribution in [-0.4, -0.2) is 67.6 Å². The molecule has 6 nitrogen and oxygen atoms in total. The molecular weight excluding hydrogens is 474 g/mol. The molecule has 1 aliphatic rings. The molecule has 1 amide bonds. The van der Waals surface area contributed by atoms with Crippen LogP contribution in [0.1, 0.15) is 33.1 Å². The first kappa shape index (κ1) is 26.3. The van der Waals surface area contributed by atoms with Crippen LogP contribution in [0.15, 0.2) is 71.3 Å². The number of hydrogen-bond acceptors (Lipinski definition) is 5. The molecule has 4 aromatic rings. The monoisotopic (exact) mass is 513 g/mol. The third-order valence-corrected chi connectivity index (χ3v) is 7.30. The van der Waals surface area contributed by atoms with E-state index in [0.29, 0.717) is 13.2 Å². The summed E-state index contributed by atoms with van der Waals surface area (Å²) in [5.74, 6) is 0.985. The number of benzene rings is 3. The van der Waals surface area contributed by atoms with E-state index in [0.717, 1.165) is 67.8 Å². The van der Waals surface area contributed by atoms with E-state index >= 15 is 0 Å². The molecule has 0 radical (unpaired) electrons. The van der Waals surface area contributed by atoms with E-state index in [1.807, 2.05) is 32.2 Å². The molecule has 0 spiro atoms. The van der Waals surface area contributed by atoms with Gasteiger partial charge in [0.05, 0.1) is 19.4 Å². The van der Waals surface area contributed by atoms with Crippen molar-refractivity contribution in [1.29, 1.82) is 0 Å². The molecule has 1 aliphatic heterocycles. The highest BCUT2D eigenvalue weighted by molar-refractivity contribution is 6.04. The van der Waals surface area contributed by atoms with Gasteiger partial charge >= 0.3 is 0 Å². The van der Waals surface area contributed by atoms with Crippen LogP contribution in [0.4, 0.5) is 0 Å². The second kappa shape index (κ2) is 12.5. The van der Waals surface area contributed by atoms with Crippen molar-refractivity contribution in [1.82, 2.24) is 15.1 Å². The lowest BCUT2D eigenvalue weighted by molar-refractivity contribution is -0.123. The fourth-order valence-electron chi connectivity index (χ4n) is 5.31. The largest absolute Gasteiger partial charge is 0.493 e. The molecule has 2 heterocycles. The standard InChI is InChI=1S/C32H39N3O3/c1-24(2)33-32(36)22-35-18-16-34(17-19-35)15-6-3-7-20-37-26-13-14-29-30(23-38-31(29)21-26)28-12-8-10-25-9-4-5-11-27(25)28/h4-5,8-14,21,23-24H,3,6-7,15-20,22H2,1-2H3,(H,33,36). The molecule has 6 heteroatoms. The van der Waals surface area contributed by atoms with Gasteiger partial charge in [-0.25, -0.2) is 0 Å². The van der Waals surface area contributed by atoms with E-state index in [1.54, 1.807) is 0 Å². The molecule has 0 saturated carbocycles. The maximum absolute atomic E-state index is 12.0. The lowest BCUT2D eigenvalue weighted by atomic mass is 9.98. The number of nitrogens with zero attached hydrogens (tertiary/aromatic N) is 2. The van der Waals surface area contributed by atoms with Gasteiger partial charge in [-0.15, -0.1) is 0 Å². The number of ether oxygens (including phenoxy) is 1. The first-order valence-corrected chi connectivity index (χ1v) is 13.9. The van der Waals surface area contributed by atoms with Crippen LogP contribution in [0.3, 0.4) is 0 Å². The van der Waals surface area contributed by atoms with E-state index in [2.05, 4.69) is 63.6 Å². The molecule has 0 bridgehead atoms. The molecular formula is C32H39N3O3. The van der Waals surface area contributed by atoms with E-state index in [9.17, 15) is 4.79 Å². The molecule has 0 aliphatic carbocycles. The van der Waals surface area contributed by atoms with Crippen molar-refractivity contribution in [3.05, 3.63) is 66.9 Å². The predicted molar refractivity (Wildman–Crippen MR) is 155 cm³/mol. The van der Waals surface area contributed by atoms with Crippen molar-refractivity contribution in [3.8, 4) is 16.9 Å². The second-order valence-electron chi connectivity index (χ2n) is 10.6. The van der Waals surface area contributed by atoms with Gasteiger partial charge in [0.1, 0.15) is 11.3 Å². The van der Waals surface area contributed by atoms with Gasteiger partial charge in [0.25, 0.3) is 0 Å². The molecule has 1 fully saturated rings. The highest BCUT2D eigenvalue weighted by Gasteiger charge is 2.18. The Morgan fingerprint density at radius 3 is 2.53 bits per heavy atom. The maximum Gasteiger partial charge on any atom is 0.234 e. The van der Waals surface area contributed by atoms with Crippen molar-refractivity contribution >= 4 is 27.6 Å². The van der Waals surface area contributed by atoms with Gasteiger partial charge in [-0.1, -0.05) is 42.5 Å². The molecule has 1 saturated heterocycles. The van der Waals surface area contributed by atoms with Crippen LogP contribution < -0.4 is 10.1 Å². The van der Waals surface area contributed by atoms with E-state index in [-0.39, 0.29) is 11.9 Å². The van der Waals surface area contributed by atoms with Crippen LogP contribution in [0.5, 0.6) is 5.75 Å². The van der Waals surface area contributed by atoms with Crippen LogP contribution in [-0.2, 0) is 4.79 Å².